The lowest BCUT2D eigenvalue weighted by Gasteiger charge is -2.18. The largest absolute Gasteiger partial charge is 0.417 e. The number of halogens is 4. The molecule has 1 aliphatic heterocycles. The summed E-state index contributed by atoms with van der Waals surface area (Å²) in [6.07, 6.45) is -4.82. The van der Waals surface area contributed by atoms with Crippen molar-refractivity contribution in [2.24, 2.45) is 0 Å². The van der Waals surface area contributed by atoms with E-state index in [0.29, 0.717) is 11.8 Å². The zero-order chi connectivity index (χ0) is 19.1. The van der Waals surface area contributed by atoms with Crippen LogP contribution in [0.15, 0.2) is 42.5 Å². The Balaban J connectivity index is 1.86. The number of carbonyl (C=O) groups is 2. The minimum Gasteiger partial charge on any atom is -0.373 e. The van der Waals surface area contributed by atoms with Crippen LogP contribution in [-0.4, -0.2) is 17.9 Å². The number of amides is 2. The smallest absolute Gasteiger partial charge is 0.373 e. The number of benzene rings is 2. The highest BCUT2D eigenvalue weighted by Gasteiger charge is 2.41. The van der Waals surface area contributed by atoms with Gasteiger partial charge in [0.1, 0.15) is 6.04 Å². The van der Waals surface area contributed by atoms with Crippen LogP contribution in [0, 0.1) is 6.92 Å². The highest BCUT2D eigenvalue weighted by molar-refractivity contribution is 6.31. The number of alkyl halides is 3. The Morgan fingerprint density at radius 1 is 1.12 bits per heavy atom. The summed E-state index contributed by atoms with van der Waals surface area (Å²) in [5.74, 6) is -1.18. The van der Waals surface area contributed by atoms with E-state index in [-0.39, 0.29) is 12.1 Å². The third-order valence-electron chi connectivity index (χ3n) is 4.05. The molecule has 26 heavy (non-hydrogen) atoms. The van der Waals surface area contributed by atoms with Crippen molar-refractivity contribution in [1.82, 2.24) is 0 Å². The summed E-state index contributed by atoms with van der Waals surface area (Å²) >= 11 is 5.59. The SMILES string of the molecule is Cc1ccc(NC2CC(=O)N(c3ccc(Cl)c(C(F)(F)F)c3)C2=O)cc1. The van der Waals surface area contributed by atoms with Crippen molar-refractivity contribution in [1.29, 1.82) is 0 Å². The van der Waals surface area contributed by atoms with Crippen molar-refractivity contribution in [3.8, 4) is 0 Å². The van der Waals surface area contributed by atoms with Crippen molar-refractivity contribution < 1.29 is 22.8 Å². The molecule has 3 rings (SSSR count). The summed E-state index contributed by atoms with van der Waals surface area (Å²) in [6.45, 7) is 1.91. The number of nitrogens with one attached hydrogen (secondary N) is 1. The van der Waals surface area contributed by atoms with Crippen molar-refractivity contribution >= 4 is 34.8 Å². The maximum atomic E-state index is 13.0. The van der Waals surface area contributed by atoms with Crippen LogP contribution >= 0.6 is 11.6 Å². The number of hydrogen-bond acceptors (Lipinski definition) is 3. The van der Waals surface area contributed by atoms with Gasteiger partial charge in [-0.1, -0.05) is 29.3 Å². The monoisotopic (exact) mass is 382 g/mol. The first kappa shape index (κ1) is 18.3. The minimum absolute atomic E-state index is 0.142. The topological polar surface area (TPSA) is 49.4 Å². The van der Waals surface area contributed by atoms with E-state index in [1.807, 2.05) is 19.1 Å². The van der Waals surface area contributed by atoms with Crippen molar-refractivity contribution in [2.75, 3.05) is 10.2 Å². The second kappa shape index (κ2) is 6.64. The van der Waals surface area contributed by atoms with Gasteiger partial charge in [0.25, 0.3) is 5.91 Å². The lowest BCUT2D eigenvalue weighted by molar-refractivity contribution is -0.137. The Morgan fingerprint density at radius 3 is 2.38 bits per heavy atom. The van der Waals surface area contributed by atoms with Gasteiger partial charge in [0.2, 0.25) is 5.91 Å². The number of carbonyl (C=O) groups excluding carboxylic acids is 2. The van der Waals surface area contributed by atoms with E-state index in [2.05, 4.69) is 5.32 Å². The second-order valence-corrected chi connectivity index (χ2v) is 6.40. The van der Waals surface area contributed by atoms with E-state index in [1.165, 1.54) is 6.07 Å². The molecule has 0 radical (unpaired) electrons. The highest BCUT2D eigenvalue weighted by Crippen LogP contribution is 2.38. The van der Waals surface area contributed by atoms with Crippen LogP contribution in [0.1, 0.15) is 17.5 Å². The summed E-state index contributed by atoms with van der Waals surface area (Å²) < 4.78 is 39.1. The van der Waals surface area contributed by atoms with Gasteiger partial charge in [0.15, 0.2) is 0 Å². The summed E-state index contributed by atoms with van der Waals surface area (Å²) in [5.41, 5.74) is 0.444. The number of aryl methyl sites for hydroxylation is 1. The molecule has 4 nitrogen and oxygen atoms in total. The van der Waals surface area contributed by atoms with Crippen molar-refractivity contribution in [3.05, 3.63) is 58.6 Å². The zero-order valence-corrected chi connectivity index (χ0v) is 14.4. The van der Waals surface area contributed by atoms with E-state index in [1.54, 1.807) is 12.1 Å². The van der Waals surface area contributed by atoms with Gasteiger partial charge in [0.05, 0.1) is 22.7 Å². The van der Waals surface area contributed by atoms with E-state index in [0.717, 1.165) is 16.5 Å². The first-order valence-electron chi connectivity index (χ1n) is 7.73. The van der Waals surface area contributed by atoms with Crippen LogP contribution in [0.2, 0.25) is 5.02 Å². The molecule has 1 N–H and O–H groups in total. The van der Waals surface area contributed by atoms with Crippen molar-refractivity contribution in [3.63, 3.8) is 0 Å². The first-order chi connectivity index (χ1) is 12.2. The molecule has 1 aliphatic rings. The molecule has 1 unspecified atom stereocenters. The van der Waals surface area contributed by atoms with Crippen molar-refractivity contribution in [2.45, 2.75) is 25.6 Å². The van der Waals surface area contributed by atoms with Crippen LogP contribution in [-0.2, 0) is 15.8 Å². The standard InChI is InChI=1S/C18H14ClF3N2O2/c1-10-2-4-11(5-3-10)23-15-9-16(25)24(17(15)26)12-6-7-14(19)13(8-12)18(20,21)22/h2-8,15,23H,9H2,1H3. The molecule has 1 atom stereocenters. The van der Waals surface area contributed by atoms with Crippen LogP contribution in [0.25, 0.3) is 0 Å². The van der Waals surface area contributed by atoms with Gasteiger partial charge in [-0.2, -0.15) is 13.2 Å². The normalized spacial score (nSPS) is 17.7. The third kappa shape index (κ3) is 3.53. The third-order valence-corrected chi connectivity index (χ3v) is 4.38. The van der Waals surface area contributed by atoms with Gasteiger partial charge in [-0.25, -0.2) is 4.90 Å². The summed E-state index contributed by atoms with van der Waals surface area (Å²) in [5, 5.41) is 2.45. The van der Waals surface area contributed by atoms with Gasteiger partial charge >= 0.3 is 6.18 Å². The number of rotatable bonds is 3. The average molecular weight is 383 g/mol. The van der Waals surface area contributed by atoms with Crippen LogP contribution < -0.4 is 10.2 Å². The molecule has 0 aromatic heterocycles. The van der Waals surface area contributed by atoms with Gasteiger partial charge in [-0.05, 0) is 37.3 Å². The van der Waals surface area contributed by atoms with Gasteiger partial charge in [0, 0.05) is 5.69 Å². The lowest BCUT2D eigenvalue weighted by atomic mass is 10.1. The molecular formula is C18H14ClF3N2O2. The quantitative estimate of drug-likeness (QED) is 0.800. The molecule has 1 fully saturated rings. The van der Waals surface area contributed by atoms with E-state index < -0.39 is 34.6 Å². The molecule has 0 saturated carbocycles. The number of imide groups is 1. The maximum absolute atomic E-state index is 13.0. The van der Waals surface area contributed by atoms with Crippen LogP contribution in [0.5, 0.6) is 0 Å². The molecule has 1 saturated heterocycles. The molecule has 8 heteroatoms. The Labute approximate surface area is 152 Å². The first-order valence-corrected chi connectivity index (χ1v) is 8.11. The fourth-order valence-electron chi connectivity index (χ4n) is 2.74. The molecule has 2 aromatic carbocycles. The lowest BCUT2D eigenvalue weighted by Crippen LogP contribution is -2.35. The van der Waals surface area contributed by atoms with E-state index in [4.69, 9.17) is 11.6 Å². The Bertz CT molecular complexity index is 866. The molecule has 0 aliphatic carbocycles. The summed E-state index contributed by atoms with van der Waals surface area (Å²) in [4.78, 5) is 25.6. The number of hydrogen-bond donors (Lipinski definition) is 1. The van der Waals surface area contributed by atoms with E-state index >= 15 is 0 Å². The Morgan fingerprint density at radius 2 is 1.77 bits per heavy atom. The van der Waals surface area contributed by atoms with Crippen LogP contribution in [0.4, 0.5) is 24.5 Å². The fraction of sp³-hybridized carbons (Fsp3) is 0.222. The molecule has 2 amide bonds. The maximum Gasteiger partial charge on any atom is 0.417 e. The number of anilines is 2. The van der Waals surface area contributed by atoms with Gasteiger partial charge in [-0.15, -0.1) is 0 Å². The van der Waals surface area contributed by atoms with Gasteiger partial charge in [-0.3, -0.25) is 9.59 Å². The Kier molecular flexibility index (Phi) is 4.66. The van der Waals surface area contributed by atoms with Gasteiger partial charge < -0.3 is 5.32 Å². The summed E-state index contributed by atoms with van der Waals surface area (Å²) in [7, 11) is 0. The zero-order valence-electron chi connectivity index (χ0n) is 13.6. The average Bonchev–Trinajstić information content (AvgIpc) is 2.83. The predicted octanol–water partition coefficient (Wildman–Crippen LogP) is 4.41. The molecular weight excluding hydrogens is 369 g/mol. The molecule has 1 heterocycles. The highest BCUT2D eigenvalue weighted by atomic mass is 35.5. The minimum atomic E-state index is -4.68. The summed E-state index contributed by atoms with van der Waals surface area (Å²) in [6, 6.07) is 9.34. The molecule has 0 spiro atoms. The van der Waals surface area contributed by atoms with E-state index in [9.17, 15) is 22.8 Å². The number of nitrogens with zero attached hydrogens (tertiary/aromatic N) is 1. The second-order valence-electron chi connectivity index (χ2n) is 6.00. The molecule has 0 bridgehead atoms. The fourth-order valence-corrected chi connectivity index (χ4v) is 2.96. The Hall–Kier alpha value is -2.54. The molecule has 136 valence electrons. The molecule has 2 aromatic rings. The predicted molar refractivity (Wildman–Crippen MR) is 92.2 cm³/mol. The van der Waals surface area contributed by atoms with Crippen LogP contribution in [0.3, 0.4) is 0 Å².